The van der Waals surface area contributed by atoms with Crippen molar-refractivity contribution in [3.05, 3.63) is 12.2 Å². The van der Waals surface area contributed by atoms with Gasteiger partial charge in [-0.05, 0) is 13.3 Å². The maximum atomic E-state index is 10.7. The average Bonchev–Trinajstić information content (AvgIpc) is 1.97. The zero-order chi connectivity index (χ0) is 8.69. The Kier molecular flexibility index (Phi) is 11.1. The average molecular weight is 249 g/mol. The molecule has 0 aromatic rings. The molecule has 0 bridgehead atoms. The standard InChI is InChI=1S/C8H14O3.Zr/c1-4-5-6-10-11-8(9)7(2)3;/h2,4-6H2,1,3H3;. The van der Waals surface area contributed by atoms with E-state index in [1.165, 1.54) is 0 Å². The Hall–Kier alpha value is 0.0531. The van der Waals surface area contributed by atoms with Crippen molar-refractivity contribution in [1.82, 2.24) is 0 Å². The molecule has 0 saturated carbocycles. The fourth-order valence-electron chi connectivity index (χ4n) is 0.370. The smallest absolute Gasteiger partial charge is 0.293 e. The van der Waals surface area contributed by atoms with Crippen molar-refractivity contribution >= 4 is 5.97 Å². The summed E-state index contributed by atoms with van der Waals surface area (Å²) in [7, 11) is 0. The van der Waals surface area contributed by atoms with Crippen LogP contribution in [0.2, 0.25) is 0 Å². The summed E-state index contributed by atoms with van der Waals surface area (Å²) in [6.45, 7) is 7.46. The molecule has 0 heterocycles. The summed E-state index contributed by atoms with van der Waals surface area (Å²) in [6, 6.07) is 0. The Morgan fingerprint density at radius 2 is 2.08 bits per heavy atom. The van der Waals surface area contributed by atoms with E-state index in [9.17, 15) is 4.79 Å². The van der Waals surface area contributed by atoms with Crippen LogP contribution in [0.1, 0.15) is 26.7 Å². The first kappa shape index (κ1) is 14.6. The molecule has 12 heavy (non-hydrogen) atoms. The maximum Gasteiger partial charge on any atom is 0.368 e. The Morgan fingerprint density at radius 1 is 1.50 bits per heavy atom. The van der Waals surface area contributed by atoms with E-state index in [1.54, 1.807) is 6.92 Å². The number of carbonyl (C=O) groups is 1. The van der Waals surface area contributed by atoms with Gasteiger partial charge in [0, 0.05) is 31.8 Å². The van der Waals surface area contributed by atoms with Crippen LogP contribution in [0.5, 0.6) is 0 Å². The van der Waals surface area contributed by atoms with Crippen molar-refractivity contribution in [3.63, 3.8) is 0 Å². The molecule has 0 saturated heterocycles. The van der Waals surface area contributed by atoms with E-state index in [2.05, 4.69) is 16.4 Å². The second-order valence-electron chi connectivity index (χ2n) is 2.33. The van der Waals surface area contributed by atoms with Crippen LogP contribution in [-0.2, 0) is 40.8 Å². The van der Waals surface area contributed by atoms with Crippen LogP contribution in [0.15, 0.2) is 12.2 Å². The van der Waals surface area contributed by atoms with Crippen LogP contribution < -0.4 is 0 Å². The van der Waals surface area contributed by atoms with Crippen LogP contribution in [0.25, 0.3) is 0 Å². The number of unbranched alkanes of at least 4 members (excludes halogenated alkanes) is 1. The van der Waals surface area contributed by atoms with Crippen molar-refractivity contribution in [2.24, 2.45) is 0 Å². The Labute approximate surface area is 92.2 Å². The monoisotopic (exact) mass is 248 g/mol. The topological polar surface area (TPSA) is 35.5 Å². The van der Waals surface area contributed by atoms with E-state index in [1.807, 2.05) is 6.92 Å². The van der Waals surface area contributed by atoms with Gasteiger partial charge in [-0.3, -0.25) is 4.89 Å². The molecule has 0 aliphatic heterocycles. The fraction of sp³-hybridized carbons (Fsp3) is 0.625. The first-order chi connectivity index (χ1) is 5.18. The third-order valence-electron chi connectivity index (χ3n) is 1.06. The predicted molar refractivity (Wildman–Crippen MR) is 41.8 cm³/mol. The van der Waals surface area contributed by atoms with E-state index in [0.717, 1.165) is 12.8 Å². The van der Waals surface area contributed by atoms with Gasteiger partial charge in [0.15, 0.2) is 0 Å². The molecule has 0 aliphatic rings. The normalized spacial score (nSPS) is 8.50. The quantitative estimate of drug-likeness (QED) is 0.323. The van der Waals surface area contributed by atoms with Crippen LogP contribution in [0.3, 0.4) is 0 Å². The van der Waals surface area contributed by atoms with Gasteiger partial charge >= 0.3 is 5.97 Å². The SMILES string of the molecule is C=C(C)C(=O)OOCCCC.[Zr]. The van der Waals surface area contributed by atoms with E-state index >= 15 is 0 Å². The van der Waals surface area contributed by atoms with E-state index in [0.29, 0.717) is 12.2 Å². The maximum absolute atomic E-state index is 10.7. The molecule has 0 radical (unpaired) electrons. The molecule has 0 N–H and O–H groups in total. The molecule has 4 heteroatoms. The molecule has 0 fully saturated rings. The van der Waals surface area contributed by atoms with Gasteiger partial charge in [0.2, 0.25) is 0 Å². The molecule has 0 spiro atoms. The molecular formula is C8H14O3Zr. The van der Waals surface area contributed by atoms with E-state index < -0.39 is 5.97 Å². The summed E-state index contributed by atoms with van der Waals surface area (Å²) in [6.07, 6.45) is 1.91. The zero-order valence-electron chi connectivity index (χ0n) is 7.55. The van der Waals surface area contributed by atoms with Gasteiger partial charge in [0.25, 0.3) is 0 Å². The first-order valence-electron chi connectivity index (χ1n) is 3.67. The summed E-state index contributed by atoms with van der Waals surface area (Å²) >= 11 is 0. The largest absolute Gasteiger partial charge is 0.368 e. The van der Waals surface area contributed by atoms with Crippen LogP contribution >= 0.6 is 0 Å². The van der Waals surface area contributed by atoms with Gasteiger partial charge in [-0.25, -0.2) is 4.79 Å². The third kappa shape index (κ3) is 8.15. The van der Waals surface area contributed by atoms with Gasteiger partial charge in [0.1, 0.15) is 0 Å². The van der Waals surface area contributed by atoms with Gasteiger partial charge in [-0.15, -0.1) is 0 Å². The molecular weight excluding hydrogens is 235 g/mol. The first-order valence-corrected chi connectivity index (χ1v) is 3.67. The minimum atomic E-state index is -0.499. The predicted octanol–water partition coefficient (Wildman–Crippen LogP) is 1.83. The molecule has 0 unspecified atom stereocenters. The fourth-order valence-corrected chi connectivity index (χ4v) is 0.370. The minimum absolute atomic E-state index is 0. The second kappa shape index (κ2) is 9.14. The molecule has 68 valence electrons. The number of hydrogen-bond acceptors (Lipinski definition) is 3. The molecule has 0 amide bonds. The van der Waals surface area contributed by atoms with Crippen LogP contribution in [-0.4, -0.2) is 12.6 Å². The summed E-state index contributed by atoms with van der Waals surface area (Å²) < 4.78 is 0. The third-order valence-corrected chi connectivity index (χ3v) is 1.06. The number of hydrogen-bond donors (Lipinski definition) is 0. The van der Waals surface area contributed by atoms with Crippen molar-refractivity contribution in [2.75, 3.05) is 6.61 Å². The molecule has 0 aliphatic carbocycles. The number of rotatable bonds is 5. The van der Waals surface area contributed by atoms with E-state index in [-0.39, 0.29) is 26.2 Å². The Morgan fingerprint density at radius 3 is 2.50 bits per heavy atom. The molecule has 0 rings (SSSR count). The summed E-state index contributed by atoms with van der Waals surface area (Å²) in [5, 5.41) is 0. The number of carbonyl (C=O) groups excluding carboxylic acids is 1. The van der Waals surface area contributed by atoms with Crippen molar-refractivity contribution in [3.8, 4) is 0 Å². The van der Waals surface area contributed by atoms with Crippen molar-refractivity contribution in [1.29, 1.82) is 0 Å². The second-order valence-corrected chi connectivity index (χ2v) is 2.33. The van der Waals surface area contributed by atoms with Gasteiger partial charge in [-0.2, -0.15) is 4.89 Å². The van der Waals surface area contributed by atoms with E-state index in [4.69, 9.17) is 0 Å². The van der Waals surface area contributed by atoms with Crippen LogP contribution in [0, 0.1) is 0 Å². The summed E-state index contributed by atoms with van der Waals surface area (Å²) in [5.41, 5.74) is 0.349. The summed E-state index contributed by atoms with van der Waals surface area (Å²) in [5.74, 6) is -0.499. The van der Waals surface area contributed by atoms with Crippen molar-refractivity contribution < 1.29 is 40.8 Å². The minimum Gasteiger partial charge on any atom is -0.293 e. The molecule has 0 atom stereocenters. The summed E-state index contributed by atoms with van der Waals surface area (Å²) in [4.78, 5) is 19.6. The molecule has 0 aromatic carbocycles. The van der Waals surface area contributed by atoms with Gasteiger partial charge in [0.05, 0.1) is 6.61 Å². The van der Waals surface area contributed by atoms with Gasteiger partial charge in [-0.1, -0.05) is 19.9 Å². The molecule has 0 aromatic heterocycles. The Balaban J connectivity index is 0. The van der Waals surface area contributed by atoms with Gasteiger partial charge < -0.3 is 0 Å². The zero-order valence-corrected chi connectivity index (χ0v) is 10.0. The molecule has 3 nitrogen and oxygen atoms in total. The van der Waals surface area contributed by atoms with Crippen molar-refractivity contribution in [2.45, 2.75) is 26.7 Å². The Bertz CT molecular complexity index is 145. The van der Waals surface area contributed by atoms with Crippen LogP contribution in [0.4, 0.5) is 0 Å².